The molecule has 0 saturated carbocycles. The van der Waals surface area contributed by atoms with Crippen LogP contribution in [0.2, 0.25) is 0 Å². The zero-order valence-electron chi connectivity index (χ0n) is 13.7. The number of non-ortho nitro benzene ring substituents is 1. The van der Waals surface area contributed by atoms with Crippen molar-refractivity contribution in [1.82, 2.24) is 0 Å². The summed E-state index contributed by atoms with van der Waals surface area (Å²) in [6.45, 7) is 1.95. The van der Waals surface area contributed by atoms with Crippen molar-refractivity contribution < 1.29 is 14.1 Å². The van der Waals surface area contributed by atoms with Gasteiger partial charge in [-0.25, -0.2) is 4.39 Å². The second kappa shape index (κ2) is 6.84. The van der Waals surface area contributed by atoms with Crippen molar-refractivity contribution in [2.75, 3.05) is 4.90 Å². The molecule has 0 spiro atoms. The van der Waals surface area contributed by atoms with E-state index in [0.717, 1.165) is 18.4 Å². The summed E-state index contributed by atoms with van der Waals surface area (Å²) in [4.78, 5) is 24.7. The van der Waals surface area contributed by atoms with Gasteiger partial charge >= 0.3 is 0 Å². The molecule has 0 fully saturated rings. The first kappa shape index (κ1) is 16.8. The lowest BCUT2D eigenvalue weighted by molar-refractivity contribution is -0.384. The van der Waals surface area contributed by atoms with Gasteiger partial charge in [0.25, 0.3) is 11.6 Å². The monoisotopic (exact) mass is 340 g/mol. The lowest BCUT2D eigenvalue weighted by Crippen LogP contribution is -2.41. The number of benzene rings is 2. The second-order valence-electron chi connectivity index (χ2n) is 6.05. The number of hydrogen-bond donors (Lipinski definition) is 0. The maximum absolute atomic E-state index is 13.4. The molecule has 5 nitrogen and oxygen atoms in total. The Balaban J connectivity index is 1.86. The quantitative estimate of drug-likeness (QED) is 0.480. The third-order valence-electron chi connectivity index (χ3n) is 4.31. The predicted molar refractivity (Wildman–Crippen MR) is 93.8 cm³/mol. The Labute approximate surface area is 144 Å². The van der Waals surface area contributed by atoms with Crippen LogP contribution in [-0.2, 0) is 11.2 Å². The van der Waals surface area contributed by atoms with Gasteiger partial charge in [0.2, 0.25) is 0 Å². The van der Waals surface area contributed by atoms with E-state index in [4.69, 9.17) is 0 Å². The molecule has 1 aliphatic rings. The second-order valence-corrected chi connectivity index (χ2v) is 6.05. The highest BCUT2D eigenvalue weighted by Gasteiger charge is 2.27. The van der Waals surface area contributed by atoms with Crippen LogP contribution < -0.4 is 4.90 Å². The minimum atomic E-state index is -0.476. The van der Waals surface area contributed by atoms with Gasteiger partial charge in [0.1, 0.15) is 5.82 Å². The van der Waals surface area contributed by atoms with Crippen LogP contribution in [0.15, 0.2) is 48.5 Å². The number of carbonyl (C=O) groups is 1. The van der Waals surface area contributed by atoms with Gasteiger partial charge in [-0.2, -0.15) is 0 Å². The fraction of sp³-hybridized carbons (Fsp3) is 0.211. The van der Waals surface area contributed by atoms with E-state index in [1.165, 1.54) is 30.3 Å². The van der Waals surface area contributed by atoms with E-state index in [2.05, 4.69) is 0 Å². The minimum Gasteiger partial charge on any atom is -0.306 e. The Kier molecular flexibility index (Phi) is 4.61. The molecule has 1 aliphatic heterocycles. The first-order chi connectivity index (χ1) is 12.0. The maximum atomic E-state index is 13.4. The SMILES string of the molecule is C[C@H]1CCc2cc(F)ccc2N1C(=O)/C=C\c1cccc([N+](=O)[O-])c1. The highest BCUT2D eigenvalue weighted by molar-refractivity contribution is 6.05. The molecular formula is C19H17FN2O3. The van der Waals surface area contributed by atoms with Crippen molar-refractivity contribution in [3.05, 3.63) is 75.6 Å². The molecule has 0 aliphatic carbocycles. The molecule has 0 aromatic heterocycles. The van der Waals surface area contributed by atoms with Crippen LogP contribution in [0.25, 0.3) is 6.08 Å². The molecule has 0 N–H and O–H groups in total. The molecule has 25 heavy (non-hydrogen) atoms. The van der Waals surface area contributed by atoms with Crippen molar-refractivity contribution in [2.45, 2.75) is 25.8 Å². The van der Waals surface area contributed by atoms with E-state index >= 15 is 0 Å². The van der Waals surface area contributed by atoms with Gasteiger partial charge < -0.3 is 4.90 Å². The fourth-order valence-electron chi connectivity index (χ4n) is 3.05. The number of rotatable bonds is 3. The molecule has 6 heteroatoms. The highest BCUT2D eigenvalue weighted by atomic mass is 19.1. The van der Waals surface area contributed by atoms with Crippen LogP contribution in [0.4, 0.5) is 15.8 Å². The number of amides is 1. The molecule has 0 radical (unpaired) electrons. The number of aryl methyl sites for hydroxylation is 1. The van der Waals surface area contributed by atoms with Crippen LogP contribution in [0, 0.1) is 15.9 Å². The summed E-state index contributed by atoms with van der Waals surface area (Å²) in [5.41, 5.74) is 2.08. The van der Waals surface area contributed by atoms with Gasteiger partial charge in [0.15, 0.2) is 0 Å². The van der Waals surface area contributed by atoms with Gasteiger partial charge in [0, 0.05) is 29.9 Å². The number of halogens is 1. The van der Waals surface area contributed by atoms with Crippen molar-refractivity contribution in [3.8, 4) is 0 Å². The van der Waals surface area contributed by atoms with Gasteiger partial charge in [-0.05, 0) is 55.2 Å². The van der Waals surface area contributed by atoms with Crippen LogP contribution in [0.3, 0.4) is 0 Å². The summed E-state index contributed by atoms with van der Waals surface area (Å²) >= 11 is 0. The molecule has 2 aromatic carbocycles. The zero-order valence-corrected chi connectivity index (χ0v) is 13.7. The summed E-state index contributed by atoms with van der Waals surface area (Å²) in [5.74, 6) is -0.542. The number of carbonyl (C=O) groups excluding carboxylic acids is 1. The van der Waals surface area contributed by atoms with Gasteiger partial charge in [-0.15, -0.1) is 0 Å². The Hall–Kier alpha value is -3.02. The summed E-state index contributed by atoms with van der Waals surface area (Å²) in [5, 5.41) is 10.8. The molecular weight excluding hydrogens is 323 g/mol. The molecule has 1 amide bonds. The Bertz CT molecular complexity index is 863. The highest BCUT2D eigenvalue weighted by Crippen LogP contribution is 2.31. The average molecular weight is 340 g/mol. The molecule has 2 aromatic rings. The van der Waals surface area contributed by atoms with E-state index in [0.29, 0.717) is 11.3 Å². The van der Waals surface area contributed by atoms with Crippen LogP contribution in [0.1, 0.15) is 24.5 Å². The van der Waals surface area contributed by atoms with E-state index < -0.39 is 4.92 Å². The molecule has 1 heterocycles. The first-order valence-corrected chi connectivity index (χ1v) is 8.00. The first-order valence-electron chi connectivity index (χ1n) is 8.00. The molecule has 0 bridgehead atoms. The number of nitrogens with zero attached hydrogens (tertiary/aromatic N) is 2. The summed E-state index contributed by atoms with van der Waals surface area (Å²) in [6, 6.07) is 10.5. The topological polar surface area (TPSA) is 63.5 Å². The molecule has 128 valence electrons. The standard InChI is InChI=1S/C19H17FN2O3/c1-13-5-7-15-12-16(20)8-9-18(15)21(13)19(23)10-6-14-3-2-4-17(11-14)22(24)25/h2-4,6,8-13H,5,7H2,1H3/b10-6-/t13-/m0/s1. The summed E-state index contributed by atoms with van der Waals surface area (Å²) in [6.07, 6.45) is 4.44. The largest absolute Gasteiger partial charge is 0.306 e. The van der Waals surface area contributed by atoms with Crippen LogP contribution >= 0.6 is 0 Å². The predicted octanol–water partition coefficient (Wildman–Crippen LogP) is 4.12. The van der Waals surface area contributed by atoms with Gasteiger partial charge in [-0.1, -0.05) is 12.1 Å². The van der Waals surface area contributed by atoms with E-state index in [1.807, 2.05) is 6.92 Å². The number of nitro benzene ring substituents is 1. The van der Waals surface area contributed by atoms with Crippen LogP contribution in [0.5, 0.6) is 0 Å². The number of nitro groups is 1. The minimum absolute atomic E-state index is 0.000204. The molecule has 1 atom stereocenters. The number of fused-ring (bicyclic) bond motifs is 1. The van der Waals surface area contributed by atoms with E-state index in [1.54, 1.807) is 29.2 Å². The Morgan fingerprint density at radius 1 is 1.32 bits per heavy atom. The van der Waals surface area contributed by atoms with Gasteiger partial charge in [-0.3, -0.25) is 14.9 Å². The molecule has 0 unspecified atom stereocenters. The average Bonchev–Trinajstić information content (AvgIpc) is 2.60. The Morgan fingerprint density at radius 2 is 2.12 bits per heavy atom. The van der Waals surface area contributed by atoms with Gasteiger partial charge in [0.05, 0.1) is 4.92 Å². The van der Waals surface area contributed by atoms with Crippen molar-refractivity contribution >= 4 is 23.4 Å². The lowest BCUT2D eigenvalue weighted by Gasteiger charge is -2.34. The van der Waals surface area contributed by atoms with Crippen molar-refractivity contribution in [3.63, 3.8) is 0 Å². The lowest BCUT2D eigenvalue weighted by atomic mass is 9.96. The van der Waals surface area contributed by atoms with Crippen molar-refractivity contribution in [1.29, 1.82) is 0 Å². The van der Waals surface area contributed by atoms with Crippen molar-refractivity contribution in [2.24, 2.45) is 0 Å². The third kappa shape index (κ3) is 3.57. The maximum Gasteiger partial charge on any atom is 0.270 e. The Morgan fingerprint density at radius 3 is 2.88 bits per heavy atom. The number of anilines is 1. The third-order valence-corrected chi connectivity index (χ3v) is 4.31. The normalized spacial score (nSPS) is 16.7. The van der Waals surface area contributed by atoms with E-state index in [9.17, 15) is 19.3 Å². The zero-order chi connectivity index (χ0) is 18.0. The van der Waals surface area contributed by atoms with Crippen LogP contribution in [-0.4, -0.2) is 16.9 Å². The summed E-state index contributed by atoms with van der Waals surface area (Å²) in [7, 11) is 0. The number of hydrogen-bond acceptors (Lipinski definition) is 3. The molecule has 0 saturated heterocycles. The fourth-order valence-corrected chi connectivity index (χ4v) is 3.05. The summed E-state index contributed by atoms with van der Waals surface area (Å²) < 4.78 is 13.4. The molecule has 3 rings (SSSR count). The smallest absolute Gasteiger partial charge is 0.270 e. The van der Waals surface area contributed by atoms with E-state index in [-0.39, 0.29) is 23.5 Å².